The number of aryl methyl sites for hydroxylation is 1. The molecule has 3 aromatic carbocycles. The van der Waals surface area contributed by atoms with E-state index in [4.69, 9.17) is 0 Å². The molecule has 10 heteroatoms. The van der Waals surface area contributed by atoms with Crippen LogP contribution in [0.3, 0.4) is 0 Å². The van der Waals surface area contributed by atoms with Gasteiger partial charge in [-0.3, -0.25) is 19.2 Å². The topological polar surface area (TPSA) is 110 Å². The Balaban J connectivity index is 1.89. The average molecular weight is 443 g/mol. The maximum atomic E-state index is 14.0. The minimum Gasteiger partial charge on any atom is -0.319 e. The highest BCUT2D eigenvalue weighted by atomic mass is 32.2. The van der Waals surface area contributed by atoms with E-state index in [1.54, 1.807) is 24.3 Å². The standard InChI is InChI=1S/C21H18FN3O5S/c1-14-6-8-16(9-7-14)24(2)31(29,30)18-5-3-4-15(12-18)21(26)23-20-13-17(25(27)28)10-11-19(20)22/h3-13H,1-2H3,(H,23,26). The van der Waals surface area contributed by atoms with Gasteiger partial charge in [0.15, 0.2) is 0 Å². The van der Waals surface area contributed by atoms with Crippen LogP contribution in [0.4, 0.5) is 21.5 Å². The molecule has 0 heterocycles. The predicted molar refractivity (Wildman–Crippen MR) is 114 cm³/mol. The van der Waals surface area contributed by atoms with Crippen LogP contribution in [0, 0.1) is 22.9 Å². The van der Waals surface area contributed by atoms with Gasteiger partial charge in [-0.25, -0.2) is 12.8 Å². The zero-order valence-corrected chi connectivity index (χ0v) is 17.4. The molecule has 0 spiro atoms. The van der Waals surface area contributed by atoms with Crippen LogP contribution < -0.4 is 9.62 Å². The minimum atomic E-state index is -3.97. The van der Waals surface area contributed by atoms with Crippen molar-refractivity contribution >= 4 is 33.0 Å². The van der Waals surface area contributed by atoms with Crippen LogP contribution in [-0.2, 0) is 10.0 Å². The highest BCUT2D eigenvalue weighted by Gasteiger charge is 2.23. The average Bonchev–Trinajstić information content (AvgIpc) is 2.75. The van der Waals surface area contributed by atoms with Crippen LogP contribution in [-0.4, -0.2) is 26.3 Å². The summed E-state index contributed by atoms with van der Waals surface area (Å²) >= 11 is 0. The predicted octanol–water partition coefficient (Wildman–Crippen LogP) is 4.12. The molecule has 0 aliphatic rings. The lowest BCUT2D eigenvalue weighted by atomic mass is 10.2. The van der Waals surface area contributed by atoms with Gasteiger partial charge in [-0.05, 0) is 43.3 Å². The van der Waals surface area contributed by atoms with E-state index >= 15 is 0 Å². The van der Waals surface area contributed by atoms with Gasteiger partial charge in [0.05, 0.1) is 21.2 Å². The number of halogens is 1. The molecule has 0 saturated carbocycles. The maximum Gasteiger partial charge on any atom is 0.271 e. The molecule has 1 amide bonds. The second-order valence-corrected chi connectivity index (χ2v) is 8.68. The van der Waals surface area contributed by atoms with E-state index in [0.717, 1.165) is 34.1 Å². The summed E-state index contributed by atoms with van der Waals surface area (Å²) in [6.07, 6.45) is 0. The van der Waals surface area contributed by atoms with Crippen molar-refractivity contribution in [2.45, 2.75) is 11.8 Å². The molecule has 0 unspecified atom stereocenters. The van der Waals surface area contributed by atoms with Gasteiger partial charge >= 0.3 is 0 Å². The van der Waals surface area contributed by atoms with Crippen molar-refractivity contribution in [3.8, 4) is 0 Å². The zero-order valence-electron chi connectivity index (χ0n) is 16.6. The number of non-ortho nitro benzene ring substituents is 1. The molecule has 0 fully saturated rings. The fourth-order valence-corrected chi connectivity index (χ4v) is 4.01. The van der Waals surface area contributed by atoms with E-state index in [0.29, 0.717) is 5.69 Å². The molecular weight excluding hydrogens is 425 g/mol. The first kappa shape index (κ1) is 21.9. The number of carbonyl (C=O) groups is 1. The van der Waals surface area contributed by atoms with E-state index < -0.39 is 32.4 Å². The van der Waals surface area contributed by atoms with E-state index in [2.05, 4.69) is 5.32 Å². The Hall–Kier alpha value is -3.79. The van der Waals surface area contributed by atoms with Gasteiger partial charge in [-0.1, -0.05) is 23.8 Å². The molecule has 0 aliphatic carbocycles. The number of hydrogen-bond donors (Lipinski definition) is 1. The van der Waals surface area contributed by atoms with Gasteiger partial charge in [0, 0.05) is 24.7 Å². The Morgan fingerprint density at radius 1 is 1.06 bits per heavy atom. The number of hydrogen-bond acceptors (Lipinski definition) is 5. The summed E-state index contributed by atoms with van der Waals surface area (Å²) in [5.41, 5.74) is 0.585. The van der Waals surface area contributed by atoms with Crippen LogP contribution in [0.25, 0.3) is 0 Å². The molecular formula is C21H18FN3O5S. The number of amides is 1. The van der Waals surface area contributed by atoms with Gasteiger partial charge in [-0.2, -0.15) is 0 Å². The van der Waals surface area contributed by atoms with Crippen LogP contribution in [0.1, 0.15) is 15.9 Å². The van der Waals surface area contributed by atoms with Crippen molar-refractivity contribution in [3.05, 3.63) is 93.8 Å². The van der Waals surface area contributed by atoms with Crippen molar-refractivity contribution in [1.82, 2.24) is 0 Å². The zero-order chi connectivity index (χ0) is 22.8. The number of nitro groups is 1. The number of rotatable bonds is 6. The molecule has 0 aliphatic heterocycles. The third-order valence-electron chi connectivity index (χ3n) is 4.56. The summed E-state index contributed by atoms with van der Waals surface area (Å²) in [6, 6.07) is 14.8. The molecule has 1 N–H and O–H groups in total. The fourth-order valence-electron chi connectivity index (χ4n) is 2.77. The van der Waals surface area contributed by atoms with Crippen LogP contribution in [0.5, 0.6) is 0 Å². The lowest BCUT2D eigenvalue weighted by Gasteiger charge is -2.20. The molecule has 0 saturated heterocycles. The van der Waals surface area contributed by atoms with Crippen molar-refractivity contribution in [1.29, 1.82) is 0 Å². The normalized spacial score (nSPS) is 11.1. The second kappa shape index (κ2) is 8.52. The lowest BCUT2D eigenvalue weighted by Crippen LogP contribution is -2.26. The third kappa shape index (κ3) is 4.69. The van der Waals surface area contributed by atoms with Gasteiger partial charge in [0.2, 0.25) is 0 Å². The molecule has 0 aromatic heterocycles. The highest BCUT2D eigenvalue weighted by molar-refractivity contribution is 7.92. The number of anilines is 2. The van der Waals surface area contributed by atoms with E-state index in [1.807, 2.05) is 6.92 Å². The van der Waals surface area contributed by atoms with Gasteiger partial charge in [0.1, 0.15) is 5.82 Å². The largest absolute Gasteiger partial charge is 0.319 e. The summed E-state index contributed by atoms with van der Waals surface area (Å²) in [6.45, 7) is 1.88. The second-order valence-electron chi connectivity index (χ2n) is 6.71. The molecule has 0 radical (unpaired) electrons. The maximum absolute atomic E-state index is 14.0. The van der Waals surface area contributed by atoms with E-state index in [9.17, 15) is 27.7 Å². The van der Waals surface area contributed by atoms with Crippen molar-refractivity contribution in [2.75, 3.05) is 16.7 Å². The number of benzene rings is 3. The van der Waals surface area contributed by atoms with Crippen molar-refractivity contribution in [2.24, 2.45) is 0 Å². The first-order valence-electron chi connectivity index (χ1n) is 9.00. The Bertz CT molecular complexity index is 1260. The smallest absolute Gasteiger partial charge is 0.271 e. The van der Waals surface area contributed by atoms with Gasteiger partial charge < -0.3 is 5.32 Å². The van der Waals surface area contributed by atoms with E-state index in [-0.39, 0.29) is 16.1 Å². The Morgan fingerprint density at radius 3 is 2.39 bits per heavy atom. The monoisotopic (exact) mass is 443 g/mol. The number of nitro benzene ring substituents is 1. The van der Waals surface area contributed by atoms with Crippen LogP contribution in [0.2, 0.25) is 0 Å². The summed E-state index contributed by atoms with van der Waals surface area (Å²) in [7, 11) is -2.58. The molecule has 31 heavy (non-hydrogen) atoms. The fraction of sp³-hybridized carbons (Fsp3) is 0.0952. The highest BCUT2D eigenvalue weighted by Crippen LogP contribution is 2.25. The molecule has 160 valence electrons. The summed E-state index contributed by atoms with van der Waals surface area (Å²) < 4.78 is 41.0. The number of nitrogens with one attached hydrogen (secondary N) is 1. The SMILES string of the molecule is Cc1ccc(N(C)S(=O)(=O)c2cccc(C(=O)Nc3cc([N+](=O)[O-])ccc3F)c2)cc1. The Morgan fingerprint density at radius 2 is 1.74 bits per heavy atom. The number of nitrogens with zero attached hydrogens (tertiary/aromatic N) is 2. The molecule has 0 bridgehead atoms. The Kier molecular flexibility index (Phi) is 6.02. The van der Waals surface area contributed by atoms with Gasteiger partial charge in [-0.15, -0.1) is 0 Å². The van der Waals surface area contributed by atoms with Crippen molar-refractivity contribution in [3.63, 3.8) is 0 Å². The van der Waals surface area contributed by atoms with Gasteiger partial charge in [0.25, 0.3) is 21.6 Å². The quantitative estimate of drug-likeness (QED) is 0.455. The summed E-state index contributed by atoms with van der Waals surface area (Å²) in [5.74, 6) is -1.67. The van der Waals surface area contributed by atoms with Crippen LogP contribution in [0.15, 0.2) is 71.6 Å². The molecule has 8 nitrogen and oxygen atoms in total. The third-order valence-corrected chi connectivity index (χ3v) is 6.34. The minimum absolute atomic E-state index is 0.0516. The summed E-state index contributed by atoms with van der Waals surface area (Å²) in [5, 5.41) is 13.1. The van der Waals surface area contributed by atoms with Crippen molar-refractivity contribution < 1.29 is 22.5 Å². The first-order chi connectivity index (χ1) is 14.6. The molecule has 0 atom stereocenters. The molecule has 3 rings (SSSR count). The molecule has 3 aromatic rings. The van der Waals surface area contributed by atoms with Crippen LogP contribution >= 0.6 is 0 Å². The van der Waals surface area contributed by atoms with E-state index in [1.165, 1.54) is 25.2 Å². The number of carbonyl (C=O) groups excluding carboxylic acids is 1. The summed E-state index contributed by atoms with van der Waals surface area (Å²) in [4.78, 5) is 22.6. The first-order valence-corrected chi connectivity index (χ1v) is 10.4. The lowest BCUT2D eigenvalue weighted by molar-refractivity contribution is -0.384. The number of sulfonamides is 1. The Labute approximate surface area is 178 Å².